The summed E-state index contributed by atoms with van der Waals surface area (Å²) in [7, 11) is 0. The van der Waals surface area contributed by atoms with Gasteiger partial charge < -0.3 is 20.3 Å². The van der Waals surface area contributed by atoms with E-state index >= 15 is 0 Å². The second-order valence-electron chi connectivity index (χ2n) is 6.32. The fourth-order valence-corrected chi connectivity index (χ4v) is 2.77. The van der Waals surface area contributed by atoms with Crippen molar-refractivity contribution in [1.29, 1.82) is 0 Å². The summed E-state index contributed by atoms with van der Waals surface area (Å²) in [6.07, 6.45) is -1.53. The van der Waals surface area contributed by atoms with Crippen LogP contribution >= 0.6 is 0 Å². The van der Waals surface area contributed by atoms with Crippen LogP contribution in [0.1, 0.15) is 18.4 Å². The number of rotatable bonds is 7. The van der Waals surface area contributed by atoms with Crippen molar-refractivity contribution in [1.82, 2.24) is 19.9 Å². The van der Waals surface area contributed by atoms with Gasteiger partial charge in [0.15, 0.2) is 0 Å². The molecule has 3 rings (SSSR count). The zero-order chi connectivity index (χ0) is 20.7. The highest BCUT2D eigenvalue weighted by Crippen LogP contribution is 2.34. The van der Waals surface area contributed by atoms with E-state index in [0.29, 0.717) is 45.0 Å². The number of hydrogen-bond acceptors (Lipinski definition) is 7. The molecule has 1 aliphatic heterocycles. The summed E-state index contributed by atoms with van der Waals surface area (Å²) in [6.45, 7) is 1.99. The van der Waals surface area contributed by atoms with Gasteiger partial charge in [0.2, 0.25) is 11.9 Å². The summed E-state index contributed by atoms with van der Waals surface area (Å²) in [4.78, 5) is 25.3. The number of amides is 1. The molecule has 0 aliphatic carbocycles. The third-order valence-corrected chi connectivity index (χ3v) is 4.21. The van der Waals surface area contributed by atoms with Gasteiger partial charge in [-0.05, 0) is 18.6 Å². The first-order chi connectivity index (χ1) is 13.9. The Morgan fingerprint density at radius 1 is 1.21 bits per heavy atom. The van der Waals surface area contributed by atoms with Gasteiger partial charge in [-0.1, -0.05) is 6.07 Å². The molecule has 2 N–H and O–H groups in total. The summed E-state index contributed by atoms with van der Waals surface area (Å²) in [5.41, 5.74) is -0.955. The predicted molar refractivity (Wildman–Crippen MR) is 99.7 cm³/mol. The van der Waals surface area contributed by atoms with Crippen molar-refractivity contribution in [2.75, 3.05) is 43.5 Å². The van der Waals surface area contributed by atoms with Gasteiger partial charge in [-0.2, -0.15) is 18.2 Å². The molecule has 2 aromatic heterocycles. The minimum absolute atomic E-state index is 0.000885. The van der Waals surface area contributed by atoms with Gasteiger partial charge in [0.25, 0.3) is 0 Å². The first-order valence-electron chi connectivity index (χ1n) is 9.15. The van der Waals surface area contributed by atoms with Crippen molar-refractivity contribution >= 4 is 23.5 Å². The minimum Gasteiger partial charge on any atom is -0.379 e. The van der Waals surface area contributed by atoms with Crippen LogP contribution in [0.5, 0.6) is 0 Å². The molecule has 0 atom stereocenters. The largest absolute Gasteiger partial charge is 0.421 e. The van der Waals surface area contributed by atoms with Gasteiger partial charge in [0, 0.05) is 32.0 Å². The lowest BCUT2D eigenvalue weighted by atomic mass is 10.3. The smallest absolute Gasteiger partial charge is 0.379 e. The molecule has 156 valence electrons. The summed E-state index contributed by atoms with van der Waals surface area (Å²) in [5, 5.41) is 5.49. The molecule has 0 saturated carbocycles. The number of carbonyl (C=O) groups excluding carboxylic acids is 1. The van der Waals surface area contributed by atoms with Gasteiger partial charge in [0.1, 0.15) is 17.2 Å². The Morgan fingerprint density at radius 2 is 2.07 bits per heavy atom. The fourth-order valence-electron chi connectivity index (χ4n) is 2.77. The number of aromatic nitrogens is 3. The van der Waals surface area contributed by atoms with E-state index in [4.69, 9.17) is 4.74 Å². The Balaban J connectivity index is 1.64. The third-order valence-electron chi connectivity index (χ3n) is 4.21. The number of anilines is 3. The van der Waals surface area contributed by atoms with E-state index in [1.807, 2.05) is 0 Å². The molecule has 11 heteroatoms. The Hall–Kier alpha value is -2.95. The monoisotopic (exact) mass is 410 g/mol. The Labute approximate surface area is 165 Å². The Morgan fingerprint density at radius 3 is 2.83 bits per heavy atom. The number of nitrogens with zero attached hydrogens (tertiary/aromatic N) is 4. The van der Waals surface area contributed by atoms with Crippen molar-refractivity contribution in [2.45, 2.75) is 19.0 Å². The summed E-state index contributed by atoms with van der Waals surface area (Å²) >= 11 is 0. The second kappa shape index (κ2) is 9.50. The molecule has 1 amide bonds. The van der Waals surface area contributed by atoms with Gasteiger partial charge in [-0.15, -0.1) is 0 Å². The van der Waals surface area contributed by atoms with Crippen molar-refractivity contribution < 1.29 is 22.7 Å². The van der Waals surface area contributed by atoms with Gasteiger partial charge >= 0.3 is 6.18 Å². The highest BCUT2D eigenvalue weighted by Gasteiger charge is 2.35. The fraction of sp³-hybridized carbons (Fsp3) is 0.444. The molecule has 0 aromatic carbocycles. The minimum atomic E-state index is -4.59. The highest BCUT2D eigenvalue weighted by molar-refractivity contribution is 5.76. The van der Waals surface area contributed by atoms with Crippen LogP contribution in [0.2, 0.25) is 0 Å². The second-order valence-corrected chi connectivity index (χ2v) is 6.32. The molecule has 1 aliphatic rings. The molecule has 0 unspecified atom stereocenters. The number of pyridine rings is 1. The maximum Gasteiger partial charge on any atom is 0.421 e. The quantitative estimate of drug-likeness (QED) is 0.678. The summed E-state index contributed by atoms with van der Waals surface area (Å²) in [5.74, 6) is 0.0815. The van der Waals surface area contributed by atoms with E-state index in [9.17, 15) is 18.0 Å². The number of hydrogen-bond donors (Lipinski definition) is 2. The van der Waals surface area contributed by atoms with Crippen LogP contribution in [-0.2, 0) is 15.7 Å². The van der Waals surface area contributed by atoms with E-state index < -0.39 is 11.7 Å². The maximum atomic E-state index is 13.3. The average Bonchev–Trinajstić information content (AvgIpc) is 2.89. The normalized spacial score (nSPS) is 15.1. The van der Waals surface area contributed by atoms with Crippen molar-refractivity contribution in [3.8, 4) is 0 Å². The van der Waals surface area contributed by atoms with Crippen molar-refractivity contribution in [3.05, 3.63) is 36.2 Å². The number of halogens is 3. The van der Waals surface area contributed by atoms with E-state index in [0.717, 1.165) is 6.20 Å². The van der Waals surface area contributed by atoms with Crippen LogP contribution in [0, 0.1) is 0 Å². The van der Waals surface area contributed by atoms with Crippen molar-refractivity contribution in [3.63, 3.8) is 0 Å². The lowest BCUT2D eigenvalue weighted by molar-refractivity contribution is -0.137. The third kappa shape index (κ3) is 6.01. The molecule has 0 spiro atoms. The van der Waals surface area contributed by atoms with E-state index in [1.165, 1.54) is 0 Å². The SMILES string of the molecule is O=C1CCOCCN1CCCNc1nc(Nc2ccccn2)ncc1C(F)(F)F. The van der Waals surface area contributed by atoms with Crippen LogP contribution in [0.25, 0.3) is 0 Å². The van der Waals surface area contributed by atoms with Crippen LogP contribution in [0.4, 0.5) is 30.8 Å². The molecule has 0 bridgehead atoms. The maximum absolute atomic E-state index is 13.3. The molecule has 0 radical (unpaired) electrons. The zero-order valence-electron chi connectivity index (χ0n) is 15.6. The molecule has 3 heterocycles. The van der Waals surface area contributed by atoms with Crippen LogP contribution < -0.4 is 10.6 Å². The molecule has 2 aromatic rings. The van der Waals surface area contributed by atoms with Gasteiger partial charge in [-0.25, -0.2) is 9.97 Å². The molecule has 1 saturated heterocycles. The number of nitrogens with one attached hydrogen (secondary N) is 2. The van der Waals surface area contributed by atoms with E-state index in [2.05, 4.69) is 25.6 Å². The molecule has 8 nitrogen and oxygen atoms in total. The number of ether oxygens (including phenoxy) is 1. The molecular weight excluding hydrogens is 389 g/mol. The first-order valence-corrected chi connectivity index (χ1v) is 9.15. The Kier molecular flexibility index (Phi) is 6.81. The highest BCUT2D eigenvalue weighted by atomic mass is 19.4. The van der Waals surface area contributed by atoms with Crippen LogP contribution in [0.3, 0.4) is 0 Å². The number of carbonyl (C=O) groups is 1. The van der Waals surface area contributed by atoms with Gasteiger partial charge in [0.05, 0.1) is 19.6 Å². The topological polar surface area (TPSA) is 92.3 Å². The zero-order valence-corrected chi connectivity index (χ0v) is 15.6. The summed E-state index contributed by atoms with van der Waals surface area (Å²) < 4.78 is 45.1. The van der Waals surface area contributed by atoms with Crippen molar-refractivity contribution in [2.24, 2.45) is 0 Å². The van der Waals surface area contributed by atoms with Gasteiger partial charge in [-0.3, -0.25) is 4.79 Å². The van der Waals surface area contributed by atoms with Crippen LogP contribution in [0.15, 0.2) is 30.6 Å². The lowest BCUT2D eigenvalue weighted by Gasteiger charge is -2.20. The standard InChI is InChI=1S/C18H21F3N6O2/c19-18(20,21)13-12-24-17(25-14-4-1-2-6-22-14)26-16(13)23-7-3-8-27-9-11-29-10-5-15(27)28/h1-2,4,6,12H,3,5,7-11H2,(H2,22,23,24,25,26). The Bertz CT molecular complexity index is 819. The molecule has 29 heavy (non-hydrogen) atoms. The first kappa shape index (κ1) is 20.8. The average molecular weight is 410 g/mol. The van der Waals surface area contributed by atoms with Crippen LogP contribution in [-0.4, -0.2) is 58.6 Å². The van der Waals surface area contributed by atoms with E-state index in [-0.39, 0.29) is 24.2 Å². The summed E-state index contributed by atoms with van der Waals surface area (Å²) in [6, 6.07) is 5.09. The predicted octanol–water partition coefficient (Wildman–Crippen LogP) is 2.68. The number of alkyl halides is 3. The molecule has 1 fully saturated rings. The lowest BCUT2D eigenvalue weighted by Crippen LogP contribution is -2.33. The molecular formula is C18H21F3N6O2. The van der Waals surface area contributed by atoms with E-state index in [1.54, 1.807) is 29.3 Å².